The van der Waals surface area contributed by atoms with Gasteiger partial charge in [-0.05, 0) is 0 Å². The zero-order valence-corrected chi connectivity index (χ0v) is 15.2. The van der Waals surface area contributed by atoms with Gasteiger partial charge in [-0.1, -0.05) is 0 Å². The molecule has 0 aromatic carbocycles. The Balaban J connectivity index is 0. The van der Waals surface area contributed by atoms with E-state index >= 15 is 0 Å². The van der Waals surface area contributed by atoms with E-state index in [1.165, 1.54) is 12.7 Å². The van der Waals surface area contributed by atoms with Crippen molar-refractivity contribution in [1.82, 2.24) is 19.9 Å². The molecule has 10 nitrogen and oxygen atoms in total. The molecule has 2 aromatic rings. The number of nitrogens with one attached hydrogen (secondary N) is 2. The van der Waals surface area contributed by atoms with Crippen molar-refractivity contribution >= 4 is 11.9 Å². The molecule has 2 heterocycles. The molecule has 2 aromatic heterocycles. The number of carbonyl (C=O) groups is 2. The molecule has 0 spiro atoms. The van der Waals surface area contributed by atoms with Gasteiger partial charge in [-0.2, -0.15) is 0 Å². The van der Waals surface area contributed by atoms with Crippen molar-refractivity contribution in [3.63, 3.8) is 0 Å². The van der Waals surface area contributed by atoms with Crippen LogP contribution in [0.3, 0.4) is 0 Å². The summed E-state index contributed by atoms with van der Waals surface area (Å²) in [6, 6.07) is -1.70. The minimum atomic E-state index is -1.00. The van der Waals surface area contributed by atoms with Gasteiger partial charge >= 0.3 is 11.9 Å². The molecule has 0 aliphatic heterocycles. The predicted molar refractivity (Wildman–Crippen MR) is 75.8 cm³/mol. The van der Waals surface area contributed by atoms with E-state index in [4.69, 9.17) is 21.7 Å². The minimum absolute atomic E-state index is 0. The molecule has 0 saturated carbocycles. The summed E-state index contributed by atoms with van der Waals surface area (Å²) < 4.78 is 0. The molecule has 8 N–H and O–H groups in total. The number of H-pyrrole nitrogens is 2. The van der Waals surface area contributed by atoms with Crippen molar-refractivity contribution < 1.29 is 64.6 Å². The first-order chi connectivity index (χ1) is 10.4. The molecular weight excluding hydrogens is 508 g/mol. The van der Waals surface area contributed by atoms with Crippen LogP contribution in [0, 0.1) is 0 Å². The molecule has 142 valence electrons. The van der Waals surface area contributed by atoms with Crippen molar-refractivity contribution in [2.75, 3.05) is 0 Å². The monoisotopic (exact) mass is 524 g/mol. The summed E-state index contributed by atoms with van der Waals surface area (Å²) in [6.45, 7) is 0. The average molecular weight is 526 g/mol. The van der Waals surface area contributed by atoms with Crippen LogP contribution in [-0.4, -0.2) is 54.2 Å². The van der Waals surface area contributed by atoms with E-state index in [-0.39, 0.29) is 57.6 Å². The number of imidazole rings is 2. The molecule has 0 aliphatic rings. The molecule has 0 saturated heterocycles. The van der Waals surface area contributed by atoms with Crippen molar-refractivity contribution in [2.24, 2.45) is 11.5 Å². The maximum atomic E-state index is 10.3. The van der Waals surface area contributed by atoms with Crippen molar-refractivity contribution in [3.05, 3.63) is 36.4 Å². The predicted octanol–water partition coefficient (Wildman–Crippen LogP) is -1.28. The van der Waals surface area contributed by atoms with E-state index in [1.807, 2.05) is 0 Å². The second kappa shape index (κ2) is 13.1. The Bertz CT molecular complexity index is 526. The number of rotatable bonds is 6. The average Bonchev–Trinajstić information content (AvgIpc) is 3.12. The van der Waals surface area contributed by atoms with Gasteiger partial charge in [0.05, 0.1) is 12.7 Å². The molecule has 24 heavy (non-hydrogen) atoms. The third-order valence-corrected chi connectivity index (χ3v) is 2.62. The Kier molecular flexibility index (Phi) is 13.6. The van der Waals surface area contributed by atoms with Crippen molar-refractivity contribution in [2.45, 2.75) is 24.9 Å². The van der Waals surface area contributed by atoms with Gasteiger partial charge in [-0.3, -0.25) is 9.59 Å². The first-order valence-corrected chi connectivity index (χ1v) is 6.31. The van der Waals surface area contributed by atoms with Gasteiger partial charge in [0.15, 0.2) is 0 Å². The van der Waals surface area contributed by atoms with E-state index in [2.05, 4.69) is 19.9 Å². The Labute approximate surface area is 168 Å². The normalized spacial score (nSPS) is 11.8. The Morgan fingerprint density at radius 2 is 1.25 bits per heavy atom. The second-order valence-electron chi connectivity index (χ2n) is 4.45. The molecule has 0 aliphatic carbocycles. The molecule has 0 bridgehead atoms. The van der Waals surface area contributed by atoms with Gasteiger partial charge in [0.1, 0.15) is 12.1 Å². The molecule has 0 amide bonds. The van der Waals surface area contributed by atoms with Gasteiger partial charge < -0.3 is 31.6 Å². The summed E-state index contributed by atoms with van der Waals surface area (Å²) >= 11 is 0. The number of hydrogen-bond acceptors (Lipinski definition) is 6. The summed E-state index contributed by atoms with van der Waals surface area (Å²) in [5.74, 6) is -2.00. The Hall–Kier alpha value is -1.24. The molecule has 2 atom stereocenters. The van der Waals surface area contributed by atoms with E-state index in [1.54, 1.807) is 12.4 Å². The molecule has 2 rings (SSSR count). The van der Waals surface area contributed by atoms with Crippen molar-refractivity contribution in [1.29, 1.82) is 0 Å². The Morgan fingerprint density at radius 3 is 1.46 bits per heavy atom. The number of nitrogens with zero attached hydrogens (tertiary/aromatic N) is 2. The fourth-order valence-corrected chi connectivity index (χ4v) is 1.44. The van der Waals surface area contributed by atoms with E-state index in [9.17, 15) is 9.59 Å². The summed E-state index contributed by atoms with van der Waals surface area (Å²) in [7, 11) is 0. The third-order valence-electron chi connectivity index (χ3n) is 2.62. The maximum Gasteiger partial charge on any atom is 0.320 e. The van der Waals surface area contributed by atoms with Crippen LogP contribution < -0.4 is 11.5 Å². The number of nitrogens with two attached hydrogens (primary N) is 2. The van der Waals surface area contributed by atoms with Gasteiger partial charge in [-0.25, -0.2) is 9.97 Å². The van der Waals surface area contributed by atoms with Crippen LogP contribution in [0.1, 0.15) is 11.4 Å². The zero-order valence-electron chi connectivity index (χ0n) is 12.2. The van der Waals surface area contributed by atoms with Crippen LogP contribution in [0.5, 0.6) is 0 Å². The number of aromatic nitrogens is 4. The van der Waals surface area contributed by atoms with Crippen LogP contribution in [0.25, 0.3) is 0 Å². The zero-order chi connectivity index (χ0) is 16.5. The van der Waals surface area contributed by atoms with Gasteiger partial charge in [-0.15, -0.1) is 0 Å². The van der Waals surface area contributed by atoms with Crippen LogP contribution in [0.15, 0.2) is 25.0 Å². The number of carboxylic acid groups (broad SMARTS) is 2. The topological polar surface area (TPSA) is 184 Å². The first kappa shape index (κ1) is 25.0. The molecule has 0 fully saturated rings. The quantitative estimate of drug-likeness (QED) is 0.252. The fourth-order valence-electron chi connectivity index (χ4n) is 1.44. The smallest absolute Gasteiger partial charge is 0.320 e. The fraction of sp³-hybridized carbons (Fsp3) is 0.333. The van der Waals surface area contributed by atoms with E-state index in [0.29, 0.717) is 0 Å². The number of aromatic amines is 2. The first-order valence-electron chi connectivity index (χ1n) is 6.31. The van der Waals surface area contributed by atoms with Gasteiger partial charge in [0, 0.05) is 81.4 Å². The van der Waals surface area contributed by atoms with E-state index in [0.717, 1.165) is 11.4 Å². The number of aliphatic carboxylic acids is 2. The summed E-state index contributed by atoms with van der Waals surface area (Å²) in [4.78, 5) is 33.5. The van der Waals surface area contributed by atoms with Crippen LogP contribution in [-0.2, 0) is 67.2 Å². The van der Waals surface area contributed by atoms with Gasteiger partial charge in [0.2, 0.25) is 0 Å². The van der Waals surface area contributed by atoms with Crippen LogP contribution in [0.4, 0.5) is 0 Å². The largest absolute Gasteiger partial charge is 0.480 e. The maximum absolute atomic E-state index is 10.3. The van der Waals surface area contributed by atoms with Crippen LogP contribution >= 0.6 is 0 Å². The van der Waals surface area contributed by atoms with Crippen molar-refractivity contribution in [3.8, 4) is 0 Å². The molecule has 2 radical (unpaired) electrons. The van der Waals surface area contributed by atoms with Gasteiger partial charge in [0.25, 0.3) is 0 Å². The SMILES string of the molecule is NC(Cc1cnc[nH]1)C(=O)O.NC(Cc1cnc[nH]1)C(=O)O.[Ag].[Ag]. The molecule has 12 heteroatoms. The summed E-state index contributed by atoms with van der Waals surface area (Å²) in [5, 5.41) is 16.8. The standard InChI is InChI=1S/2C6H9N3O2.2Ag/c2*7-5(6(10)11)1-4-2-8-3-9-4;;/h2*2-3,5H,1,7H2,(H,8,9)(H,10,11);;. The molecular formula is C12H18Ag2N6O4. The summed E-state index contributed by atoms with van der Waals surface area (Å²) in [6.07, 6.45) is 6.67. The third kappa shape index (κ3) is 9.80. The number of hydrogen-bond donors (Lipinski definition) is 6. The molecule has 2 unspecified atom stereocenters. The second-order valence-corrected chi connectivity index (χ2v) is 4.45. The minimum Gasteiger partial charge on any atom is -0.480 e. The summed E-state index contributed by atoms with van der Waals surface area (Å²) in [5.41, 5.74) is 12.0. The Morgan fingerprint density at radius 1 is 0.917 bits per heavy atom. The van der Waals surface area contributed by atoms with Crippen LogP contribution in [0.2, 0.25) is 0 Å². The number of carboxylic acids is 2. The van der Waals surface area contributed by atoms with E-state index < -0.39 is 24.0 Å².